The zero-order valence-electron chi connectivity index (χ0n) is 18.9. The highest BCUT2D eigenvalue weighted by Crippen LogP contribution is 2.28. The molecule has 0 bridgehead atoms. The lowest BCUT2D eigenvalue weighted by Crippen LogP contribution is -2.62. The van der Waals surface area contributed by atoms with Gasteiger partial charge in [0.1, 0.15) is 48.8 Å². The van der Waals surface area contributed by atoms with Gasteiger partial charge in [-0.3, -0.25) is 0 Å². The van der Waals surface area contributed by atoms with Crippen molar-refractivity contribution in [3.63, 3.8) is 0 Å². The first-order chi connectivity index (χ1) is 14.1. The van der Waals surface area contributed by atoms with Crippen LogP contribution in [0.5, 0.6) is 0 Å². The molecule has 184 valence electrons. The summed E-state index contributed by atoms with van der Waals surface area (Å²) in [6, 6.07) is 0. The van der Waals surface area contributed by atoms with Crippen LogP contribution in [0.1, 0.15) is 41.5 Å². The average molecular weight is 455 g/mol. The molecule has 31 heavy (non-hydrogen) atoms. The zero-order chi connectivity index (χ0) is 23.7. The van der Waals surface area contributed by atoms with Crippen LogP contribution in [0.25, 0.3) is 0 Å². The van der Waals surface area contributed by atoms with Gasteiger partial charge in [0.05, 0.1) is 24.4 Å². The highest BCUT2D eigenvalue weighted by atomic mass is 16.7. The summed E-state index contributed by atoms with van der Waals surface area (Å²) in [5.41, 5.74) is -1.21. The average Bonchev–Trinajstić information content (AvgIpc) is 2.64. The van der Waals surface area contributed by atoms with Gasteiger partial charge in [-0.05, 0) is 41.5 Å². The van der Waals surface area contributed by atoms with Crippen LogP contribution in [-0.2, 0) is 23.7 Å². The molecule has 11 heteroatoms. The standard InChI is InChI=1S/C20H38O11/c1-19(2,3)28-8-10-12(22)13(23)15(25)17(29-10)27-7-9-11(21)14(24)16(26)18(30-9)31-20(4,5)6/h9-18,21-26H,7-8H2,1-6H3/t9?,10?,11-,12-,13?,14+,15?,16?,17-,18-/m1/s1. The van der Waals surface area contributed by atoms with E-state index in [1.807, 2.05) is 20.8 Å². The topological polar surface area (TPSA) is 168 Å². The van der Waals surface area contributed by atoms with Gasteiger partial charge in [-0.25, -0.2) is 0 Å². The molecule has 6 N–H and O–H groups in total. The first-order valence-electron chi connectivity index (χ1n) is 10.4. The first kappa shape index (κ1) is 26.8. The third-order valence-corrected chi connectivity index (χ3v) is 4.91. The van der Waals surface area contributed by atoms with Crippen LogP contribution in [0.2, 0.25) is 0 Å². The van der Waals surface area contributed by atoms with Crippen molar-refractivity contribution in [2.24, 2.45) is 0 Å². The molecule has 5 unspecified atom stereocenters. The normalized spacial score (nSPS) is 42.6. The molecular weight excluding hydrogens is 416 g/mol. The molecule has 2 aliphatic heterocycles. The molecule has 2 rings (SSSR count). The van der Waals surface area contributed by atoms with Gasteiger partial charge in [0.25, 0.3) is 0 Å². The smallest absolute Gasteiger partial charge is 0.187 e. The second kappa shape index (κ2) is 10.2. The molecule has 0 saturated carbocycles. The summed E-state index contributed by atoms with van der Waals surface area (Å²) in [5, 5.41) is 61.1. The molecule has 2 heterocycles. The summed E-state index contributed by atoms with van der Waals surface area (Å²) in [5.74, 6) is 0. The van der Waals surface area contributed by atoms with Crippen LogP contribution in [-0.4, -0.2) is 116 Å². The third kappa shape index (κ3) is 7.27. The Kier molecular flexibility index (Phi) is 8.84. The maximum absolute atomic E-state index is 10.3. The van der Waals surface area contributed by atoms with Gasteiger partial charge >= 0.3 is 0 Å². The van der Waals surface area contributed by atoms with Gasteiger partial charge < -0.3 is 54.3 Å². The monoisotopic (exact) mass is 454 g/mol. The fraction of sp³-hybridized carbons (Fsp3) is 1.00. The van der Waals surface area contributed by atoms with Crippen LogP contribution in [0.3, 0.4) is 0 Å². The molecule has 0 spiro atoms. The van der Waals surface area contributed by atoms with Gasteiger partial charge in [0.15, 0.2) is 12.6 Å². The van der Waals surface area contributed by atoms with Crippen LogP contribution in [0.15, 0.2) is 0 Å². The predicted octanol–water partition coefficient (Wildman–Crippen LogP) is -1.75. The summed E-state index contributed by atoms with van der Waals surface area (Å²) in [4.78, 5) is 0. The summed E-state index contributed by atoms with van der Waals surface area (Å²) >= 11 is 0. The minimum Gasteiger partial charge on any atom is -0.387 e. The second-order valence-electron chi connectivity index (χ2n) is 10.0. The van der Waals surface area contributed by atoms with E-state index in [0.717, 1.165) is 0 Å². The molecule has 0 aromatic rings. The molecule has 0 aromatic heterocycles. The lowest BCUT2D eigenvalue weighted by molar-refractivity contribution is -0.342. The quantitative estimate of drug-likeness (QED) is 0.269. The predicted molar refractivity (Wildman–Crippen MR) is 106 cm³/mol. The number of aliphatic hydroxyl groups excluding tert-OH is 6. The van der Waals surface area contributed by atoms with Gasteiger partial charge in [-0.1, -0.05) is 0 Å². The van der Waals surface area contributed by atoms with Gasteiger partial charge in [0.2, 0.25) is 0 Å². The Morgan fingerprint density at radius 3 is 1.52 bits per heavy atom. The molecule has 0 amide bonds. The number of rotatable bonds is 6. The van der Waals surface area contributed by atoms with E-state index in [2.05, 4.69) is 0 Å². The van der Waals surface area contributed by atoms with E-state index < -0.39 is 72.6 Å². The molecule has 0 aliphatic carbocycles. The van der Waals surface area contributed by atoms with E-state index in [-0.39, 0.29) is 13.2 Å². The van der Waals surface area contributed by atoms with Crippen LogP contribution in [0.4, 0.5) is 0 Å². The minimum atomic E-state index is -1.57. The molecule has 0 aromatic carbocycles. The van der Waals surface area contributed by atoms with E-state index in [4.69, 9.17) is 23.7 Å². The van der Waals surface area contributed by atoms with Gasteiger partial charge in [-0.2, -0.15) is 0 Å². The van der Waals surface area contributed by atoms with Crippen LogP contribution < -0.4 is 0 Å². The van der Waals surface area contributed by atoms with Crippen molar-refractivity contribution in [1.82, 2.24) is 0 Å². The fourth-order valence-corrected chi connectivity index (χ4v) is 3.21. The maximum atomic E-state index is 10.3. The lowest BCUT2D eigenvalue weighted by Gasteiger charge is -2.44. The molecule has 2 saturated heterocycles. The maximum Gasteiger partial charge on any atom is 0.187 e. The summed E-state index contributed by atoms with van der Waals surface area (Å²) in [7, 11) is 0. The zero-order valence-corrected chi connectivity index (χ0v) is 18.9. The molecule has 10 atom stereocenters. The number of ether oxygens (including phenoxy) is 5. The van der Waals surface area contributed by atoms with Crippen molar-refractivity contribution in [2.75, 3.05) is 13.2 Å². The van der Waals surface area contributed by atoms with Crippen molar-refractivity contribution in [1.29, 1.82) is 0 Å². The van der Waals surface area contributed by atoms with Gasteiger partial charge in [0, 0.05) is 0 Å². The van der Waals surface area contributed by atoms with E-state index in [0.29, 0.717) is 0 Å². The lowest BCUT2D eigenvalue weighted by atomic mass is 9.98. The molecular formula is C20H38O11. The SMILES string of the molecule is CC(C)(C)OCC1O[C@@H](OCC2O[C@H](OC(C)(C)C)C(O)[C@@H](O)[C@@H]2O)C(O)C(O)[C@@H]1O. The van der Waals surface area contributed by atoms with Crippen LogP contribution >= 0.6 is 0 Å². The second-order valence-corrected chi connectivity index (χ2v) is 10.0. The Balaban J connectivity index is 2.01. The molecule has 0 radical (unpaired) electrons. The van der Waals surface area contributed by atoms with Gasteiger partial charge in [-0.15, -0.1) is 0 Å². The van der Waals surface area contributed by atoms with E-state index in [1.54, 1.807) is 20.8 Å². The van der Waals surface area contributed by atoms with E-state index in [9.17, 15) is 30.6 Å². The number of hydrogen-bond donors (Lipinski definition) is 6. The Morgan fingerprint density at radius 2 is 1.03 bits per heavy atom. The number of aliphatic hydroxyl groups is 6. The highest BCUT2D eigenvalue weighted by Gasteiger charge is 2.48. The largest absolute Gasteiger partial charge is 0.387 e. The Morgan fingerprint density at radius 1 is 0.581 bits per heavy atom. The summed E-state index contributed by atoms with van der Waals surface area (Å²) < 4.78 is 27.8. The van der Waals surface area contributed by atoms with Crippen LogP contribution in [0, 0.1) is 0 Å². The van der Waals surface area contributed by atoms with Crippen molar-refractivity contribution in [3.8, 4) is 0 Å². The Labute approximate surface area is 182 Å². The minimum absolute atomic E-state index is 0.0523. The summed E-state index contributed by atoms with van der Waals surface area (Å²) in [6.45, 7) is 10.3. The Hall–Kier alpha value is -0.440. The van der Waals surface area contributed by atoms with Crippen molar-refractivity contribution >= 4 is 0 Å². The van der Waals surface area contributed by atoms with Crippen molar-refractivity contribution < 1.29 is 54.3 Å². The van der Waals surface area contributed by atoms with Crippen molar-refractivity contribution in [2.45, 2.75) is 114 Å². The molecule has 2 fully saturated rings. The molecule has 11 nitrogen and oxygen atoms in total. The first-order valence-corrected chi connectivity index (χ1v) is 10.4. The fourth-order valence-electron chi connectivity index (χ4n) is 3.21. The Bertz CT molecular complexity index is 560. The van der Waals surface area contributed by atoms with E-state index in [1.165, 1.54) is 0 Å². The number of hydrogen-bond acceptors (Lipinski definition) is 11. The van der Waals surface area contributed by atoms with E-state index >= 15 is 0 Å². The third-order valence-electron chi connectivity index (χ3n) is 4.91. The van der Waals surface area contributed by atoms with Crippen molar-refractivity contribution in [3.05, 3.63) is 0 Å². The highest BCUT2D eigenvalue weighted by molar-refractivity contribution is 4.92. The molecule has 2 aliphatic rings. The summed E-state index contributed by atoms with van der Waals surface area (Å²) in [6.07, 6.45) is -13.7.